The third-order valence-electron chi connectivity index (χ3n) is 3.47. The largest absolute Gasteiger partial charge is 0.385 e. The Morgan fingerprint density at radius 3 is 2.75 bits per heavy atom. The maximum atomic E-state index is 6.12. The van der Waals surface area contributed by atoms with Crippen LogP contribution in [-0.2, 0) is 0 Å². The van der Waals surface area contributed by atoms with Crippen LogP contribution < -0.4 is 16.4 Å². The van der Waals surface area contributed by atoms with Crippen molar-refractivity contribution in [2.75, 3.05) is 18.4 Å². The number of nitrogens with zero attached hydrogens (tertiary/aromatic N) is 1. The fourth-order valence-electron chi connectivity index (χ4n) is 2.47. The molecule has 4 nitrogen and oxygen atoms in total. The molecule has 0 atom stereocenters. The van der Waals surface area contributed by atoms with Crippen LogP contribution in [0.25, 0.3) is 0 Å². The first-order chi connectivity index (χ1) is 7.80. The van der Waals surface area contributed by atoms with E-state index in [1.54, 1.807) is 0 Å². The van der Waals surface area contributed by atoms with Crippen molar-refractivity contribution in [2.24, 2.45) is 10.7 Å². The summed E-state index contributed by atoms with van der Waals surface area (Å²) in [5, 5.41) is 6.92. The SMILES string of the molecule is NC1=Nc2ccccc2NC12CCNCC2. The van der Waals surface area contributed by atoms with Crippen LogP contribution in [0.2, 0.25) is 0 Å². The Morgan fingerprint density at radius 1 is 1.19 bits per heavy atom. The van der Waals surface area contributed by atoms with Crippen molar-refractivity contribution in [3.63, 3.8) is 0 Å². The molecule has 0 amide bonds. The van der Waals surface area contributed by atoms with E-state index in [1.165, 1.54) is 0 Å². The summed E-state index contributed by atoms with van der Waals surface area (Å²) in [4.78, 5) is 4.53. The van der Waals surface area contributed by atoms with Gasteiger partial charge in [0.15, 0.2) is 0 Å². The van der Waals surface area contributed by atoms with Gasteiger partial charge in [-0.3, -0.25) is 0 Å². The van der Waals surface area contributed by atoms with E-state index in [0.29, 0.717) is 0 Å². The number of hydrogen-bond acceptors (Lipinski definition) is 4. The fourth-order valence-corrected chi connectivity index (χ4v) is 2.47. The minimum Gasteiger partial charge on any atom is -0.385 e. The average molecular weight is 216 g/mol. The molecule has 2 heterocycles. The summed E-state index contributed by atoms with van der Waals surface area (Å²) in [5.41, 5.74) is 8.04. The zero-order valence-corrected chi connectivity index (χ0v) is 9.16. The molecule has 1 saturated heterocycles. The maximum Gasteiger partial charge on any atom is 0.126 e. The van der Waals surface area contributed by atoms with E-state index in [4.69, 9.17) is 5.73 Å². The second kappa shape index (κ2) is 3.49. The Hall–Kier alpha value is -1.55. The molecule has 0 saturated carbocycles. The molecule has 1 aromatic rings. The molecule has 16 heavy (non-hydrogen) atoms. The first kappa shape index (κ1) is 9.66. The van der Waals surface area contributed by atoms with Gasteiger partial charge in [0.25, 0.3) is 0 Å². The number of benzene rings is 1. The zero-order chi connectivity index (χ0) is 11.0. The van der Waals surface area contributed by atoms with Crippen LogP contribution in [0.1, 0.15) is 12.8 Å². The van der Waals surface area contributed by atoms with Gasteiger partial charge >= 0.3 is 0 Å². The molecule has 4 N–H and O–H groups in total. The van der Waals surface area contributed by atoms with Gasteiger partial charge in [-0.1, -0.05) is 12.1 Å². The highest BCUT2D eigenvalue weighted by Gasteiger charge is 2.38. The number of nitrogens with two attached hydrogens (primary N) is 1. The third kappa shape index (κ3) is 1.38. The molecule has 2 aliphatic heterocycles. The smallest absolute Gasteiger partial charge is 0.126 e. The van der Waals surface area contributed by atoms with Gasteiger partial charge in [0, 0.05) is 0 Å². The lowest BCUT2D eigenvalue weighted by Crippen LogP contribution is -2.57. The second-order valence-corrected chi connectivity index (χ2v) is 4.47. The number of hydrogen-bond donors (Lipinski definition) is 3. The van der Waals surface area contributed by atoms with Gasteiger partial charge < -0.3 is 16.4 Å². The van der Waals surface area contributed by atoms with E-state index in [0.717, 1.165) is 43.1 Å². The third-order valence-corrected chi connectivity index (χ3v) is 3.47. The summed E-state index contributed by atoms with van der Waals surface area (Å²) >= 11 is 0. The summed E-state index contributed by atoms with van der Waals surface area (Å²) in [7, 11) is 0. The van der Waals surface area contributed by atoms with Gasteiger partial charge in [0.05, 0.1) is 16.9 Å². The Balaban J connectivity index is 2.02. The highest BCUT2D eigenvalue weighted by molar-refractivity contribution is 5.99. The number of para-hydroxylation sites is 2. The molecular formula is C12H16N4. The molecule has 84 valence electrons. The van der Waals surface area contributed by atoms with Crippen molar-refractivity contribution in [1.29, 1.82) is 0 Å². The van der Waals surface area contributed by atoms with E-state index >= 15 is 0 Å². The predicted octanol–water partition coefficient (Wildman–Crippen LogP) is 1.22. The average Bonchev–Trinajstić information content (AvgIpc) is 2.32. The molecule has 3 rings (SSSR count). The Bertz CT molecular complexity index is 432. The van der Waals surface area contributed by atoms with Crippen LogP contribution in [-0.4, -0.2) is 24.5 Å². The summed E-state index contributed by atoms with van der Waals surface area (Å²) in [6, 6.07) is 8.06. The van der Waals surface area contributed by atoms with Crippen molar-refractivity contribution in [1.82, 2.24) is 5.32 Å². The number of piperidine rings is 1. The normalized spacial score (nSPS) is 22.1. The molecule has 4 heteroatoms. The Kier molecular flexibility index (Phi) is 2.11. The number of aliphatic imine (C=N–C) groups is 1. The van der Waals surface area contributed by atoms with E-state index in [9.17, 15) is 0 Å². The highest BCUT2D eigenvalue weighted by Crippen LogP contribution is 2.35. The minimum atomic E-state index is -0.125. The molecule has 0 bridgehead atoms. The van der Waals surface area contributed by atoms with Crippen LogP contribution in [0.3, 0.4) is 0 Å². The molecule has 2 aliphatic rings. The number of nitrogens with one attached hydrogen (secondary N) is 2. The van der Waals surface area contributed by atoms with E-state index in [2.05, 4.69) is 21.7 Å². The van der Waals surface area contributed by atoms with E-state index in [1.807, 2.05) is 18.2 Å². The number of fused-ring (bicyclic) bond motifs is 1. The Labute approximate surface area is 94.9 Å². The fraction of sp³-hybridized carbons (Fsp3) is 0.417. The summed E-state index contributed by atoms with van der Waals surface area (Å²) in [6.45, 7) is 1.98. The first-order valence-electron chi connectivity index (χ1n) is 5.73. The zero-order valence-electron chi connectivity index (χ0n) is 9.16. The molecule has 0 radical (unpaired) electrons. The molecule has 0 aliphatic carbocycles. The monoisotopic (exact) mass is 216 g/mol. The Morgan fingerprint density at radius 2 is 1.94 bits per heavy atom. The van der Waals surface area contributed by atoms with Crippen molar-refractivity contribution in [3.05, 3.63) is 24.3 Å². The van der Waals surface area contributed by atoms with Gasteiger partial charge in [-0.05, 0) is 38.1 Å². The van der Waals surface area contributed by atoms with Crippen molar-refractivity contribution < 1.29 is 0 Å². The lowest BCUT2D eigenvalue weighted by molar-refractivity contribution is 0.418. The second-order valence-electron chi connectivity index (χ2n) is 4.47. The van der Waals surface area contributed by atoms with Crippen LogP contribution >= 0.6 is 0 Å². The first-order valence-corrected chi connectivity index (χ1v) is 5.73. The van der Waals surface area contributed by atoms with Gasteiger partial charge in [-0.15, -0.1) is 0 Å². The molecule has 1 fully saturated rings. The lowest BCUT2D eigenvalue weighted by Gasteiger charge is -2.41. The van der Waals surface area contributed by atoms with Gasteiger partial charge in [0.2, 0.25) is 0 Å². The number of amidine groups is 1. The predicted molar refractivity (Wildman–Crippen MR) is 66.2 cm³/mol. The molecule has 0 unspecified atom stereocenters. The van der Waals surface area contributed by atoms with Crippen molar-refractivity contribution >= 4 is 17.2 Å². The summed E-state index contributed by atoms with van der Waals surface area (Å²) < 4.78 is 0. The van der Waals surface area contributed by atoms with Gasteiger partial charge in [0.1, 0.15) is 5.84 Å². The van der Waals surface area contributed by atoms with Crippen molar-refractivity contribution in [2.45, 2.75) is 18.4 Å². The quantitative estimate of drug-likeness (QED) is 0.611. The highest BCUT2D eigenvalue weighted by atomic mass is 15.1. The van der Waals surface area contributed by atoms with Crippen molar-refractivity contribution in [3.8, 4) is 0 Å². The van der Waals surface area contributed by atoms with Crippen LogP contribution in [0.5, 0.6) is 0 Å². The lowest BCUT2D eigenvalue weighted by atomic mass is 9.85. The molecule has 0 aromatic heterocycles. The maximum absolute atomic E-state index is 6.12. The minimum absolute atomic E-state index is 0.125. The van der Waals surface area contributed by atoms with Crippen LogP contribution in [0, 0.1) is 0 Å². The molecular weight excluding hydrogens is 200 g/mol. The van der Waals surface area contributed by atoms with E-state index in [-0.39, 0.29) is 5.54 Å². The molecule has 1 spiro atoms. The summed E-state index contributed by atoms with van der Waals surface area (Å²) in [6.07, 6.45) is 1.99. The van der Waals surface area contributed by atoms with Crippen LogP contribution in [0.15, 0.2) is 29.3 Å². The topological polar surface area (TPSA) is 62.4 Å². The van der Waals surface area contributed by atoms with Crippen LogP contribution in [0.4, 0.5) is 11.4 Å². The van der Waals surface area contributed by atoms with Gasteiger partial charge in [-0.2, -0.15) is 0 Å². The summed E-state index contributed by atoms with van der Waals surface area (Å²) in [5.74, 6) is 0.729. The standard InChI is InChI=1S/C12H16N4/c13-11-12(5-7-14-8-6-12)16-10-4-2-1-3-9(10)15-11/h1-4,14,16H,5-8H2,(H2,13,15). The van der Waals surface area contributed by atoms with E-state index < -0.39 is 0 Å². The van der Waals surface area contributed by atoms with Gasteiger partial charge in [-0.25, -0.2) is 4.99 Å². The number of anilines is 1. The molecule has 1 aromatic carbocycles. The number of rotatable bonds is 0.